The molecule has 2 rings (SSSR count). The van der Waals surface area contributed by atoms with Gasteiger partial charge < -0.3 is 19.8 Å². The maximum absolute atomic E-state index is 13.0. The first-order valence-corrected chi connectivity index (χ1v) is 6.07. The van der Waals surface area contributed by atoms with Gasteiger partial charge in [-0.2, -0.15) is 0 Å². The lowest BCUT2D eigenvalue weighted by molar-refractivity contribution is 0.000964. The summed E-state index contributed by atoms with van der Waals surface area (Å²) in [6, 6.07) is 5.46. The van der Waals surface area contributed by atoms with E-state index in [0.717, 1.165) is 12.2 Å². The number of hydrogen-bond donors (Lipinski definition) is 2. The van der Waals surface area contributed by atoms with Crippen molar-refractivity contribution in [1.82, 2.24) is 4.90 Å². The SMILES string of the molecule is O[C@H](COc1ccc(F)cc1)CN1C=CC(O)(F)C=C1. The van der Waals surface area contributed by atoms with Crippen LogP contribution < -0.4 is 4.74 Å². The van der Waals surface area contributed by atoms with E-state index in [9.17, 15) is 13.9 Å². The van der Waals surface area contributed by atoms with Crippen molar-refractivity contribution in [3.8, 4) is 5.75 Å². The van der Waals surface area contributed by atoms with E-state index in [1.165, 1.54) is 41.6 Å². The number of aliphatic hydroxyl groups excluding tert-OH is 1. The fourth-order valence-corrected chi connectivity index (χ4v) is 1.65. The molecule has 1 atom stereocenters. The van der Waals surface area contributed by atoms with Crippen LogP contribution in [0.1, 0.15) is 0 Å². The molecule has 0 spiro atoms. The van der Waals surface area contributed by atoms with Gasteiger partial charge in [0.15, 0.2) is 0 Å². The topological polar surface area (TPSA) is 52.9 Å². The van der Waals surface area contributed by atoms with Crippen LogP contribution in [-0.4, -0.2) is 40.2 Å². The van der Waals surface area contributed by atoms with Gasteiger partial charge in [0.05, 0.1) is 6.54 Å². The van der Waals surface area contributed by atoms with Gasteiger partial charge in [0.25, 0.3) is 0 Å². The highest BCUT2D eigenvalue weighted by Gasteiger charge is 2.22. The Balaban J connectivity index is 1.77. The van der Waals surface area contributed by atoms with E-state index >= 15 is 0 Å². The van der Waals surface area contributed by atoms with Gasteiger partial charge in [-0.05, 0) is 36.4 Å². The average Bonchev–Trinajstić information content (AvgIpc) is 2.41. The van der Waals surface area contributed by atoms with E-state index in [4.69, 9.17) is 9.84 Å². The van der Waals surface area contributed by atoms with Crippen molar-refractivity contribution >= 4 is 0 Å². The summed E-state index contributed by atoms with van der Waals surface area (Å²) in [6.45, 7) is 0.202. The normalized spacial score (nSPS) is 18.1. The number of ether oxygens (including phenoxy) is 1. The van der Waals surface area contributed by atoms with E-state index in [1.54, 1.807) is 0 Å². The van der Waals surface area contributed by atoms with Crippen LogP contribution in [0.25, 0.3) is 0 Å². The van der Waals surface area contributed by atoms with Gasteiger partial charge in [-0.3, -0.25) is 0 Å². The molecule has 0 unspecified atom stereocenters. The lowest BCUT2D eigenvalue weighted by atomic mass is 10.2. The molecular formula is C14H15F2NO3. The van der Waals surface area contributed by atoms with Crippen LogP contribution in [0, 0.1) is 5.82 Å². The Kier molecular flexibility index (Phi) is 4.36. The molecule has 1 aromatic carbocycles. The predicted octanol–water partition coefficient (Wildman–Crippen LogP) is 1.57. The molecule has 2 N–H and O–H groups in total. The highest BCUT2D eigenvalue weighted by Crippen LogP contribution is 2.17. The fourth-order valence-electron chi connectivity index (χ4n) is 1.65. The van der Waals surface area contributed by atoms with E-state index in [-0.39, 0.29) is 19.0 Å². The Hall–Kier alpha value is -1.92. The second-order valence-electron chi connectivity index (χ2n) is 4.47. The van der Waals surface area contributed by atoms with E-state index in [1.807, 2.05) is 0 Å². The smallest absolute Gasteiger partial charge is 0.248 e. The first-order valence-electron chi connectivity index (χ1n) is 6.07. The van der Waals surface area contributed by atoms with E-state index in [2.05, 4.69) is 0 Å². The molecule has 0 bridgehead atoms. The van der Waals surface area contributed by atoms with E-state index < -0.39 is 12.0 Å². The Bertz CT molecular complexity index is 484. The molecule has 1 aliphatic rings. The maximum atomic E-state index is 13.0. The summed E-state index contributed by atoms with van der Waals surface area (Å²) in [5.74, 6) is -2.35. The molecule has 1 heterocycles. The molecule has 0 aromatic heterocycles. The minimum atomic E-state index is -2.44. The molecular weight excluding hydrogens is 268 g/mol. The number of benzene rings is 1. The van der Waals surface area contributed by atoms with Gasteiger partial charge in [-0.15, -0.1) is 0 Å². The zero-order valence-corrected chi connectivity index (χ0v) is 10.6. The van der Waals surface area contributed by atoms with Crippen molar-refractivity contribution in [2.45, 2.75) is 12.0 Å². The lowest BCUT2D eigenvalue weighted by Crippen LogP contribution is -2.32. The van der Waals surface area contributed by atoms with Gasteiger partial charge in [-0.25, -0.2) is 8.78 Å². The van der Waals surface area contributed by atoms with Crippen LogP contribution >= 0.6 is 0 Å². The molecule has 0 fully saturated rings. The zero-order valence-electron chi connectivity index (χ0n) is 10.6. The lowest BCUT2D eigenvalue weighted by Gasteiger charge is -2.24. The van der Waals surface area contributed by atoms with Crippen LogP contribution in [0.15, 0.2) is 48.8 Å². The second-order valence-corrected chi connectivity index (χ2v) is 4.47. The zero-order chi connectivity index (χ0) is 14.6. The summed E-state index contributed by atoms with van der Waals surface area (Å²) in [4.78, 5) is 1.52. The third-order valence-corrected chi connectivity index (χ3v) is 2.68. The number of aliphatic hydroxyl groups is 2. The number of alkyl halides is 1. The predicted molar refractivity (Wildman–Crippen MR) is 68.9 cm³/mol. The number of rotatable bonds is 5. The Morgan fingerprint density at radius 3 is 2.40 bits per heavy atom. The average molecular weight is 283 g/mol. The molecule has 0 saturated carbocycles. The highest BCUT2D eigenvalue weighted by molar-refractivity contribution is 5.22. The van der Waals surface area contributed by atoms with Gasteiger partial charge in [0.2, 0.25) is 5.85 Å². The van der Waals surface area contributed by atoms with Crippen molar-refractivity contribution in [2.24, 2.45) is 0 Å². The van der Waals surface area contributed by atoms with Crippen LogP contribution in [0.4, 0.5) is 8.78 Å². The van der Waals surface area contributed by atoms with Crippen molar-refractivity contribution < 1.29 is 23.7 Å². The summed E-state index contributed by atoms with van der Waals surface area (Å²) >= 11 is 0. The van der Waals surface area contributed by atoms with Gasteiger partial charge in [0.1, 0.15) is 24.3 Å². The third kappa shape index (κ3) is 4.32. The Labute approximate surface area is 115 Å². The summed E-state index contributed by atoms with van der Waals surface area (Å²) in [5, 5.41) is 18.8. The van der Waals surface area contributed by atoms with E-state index in [0.29, 0.717) is 5.75 Å². The van der Waals surface area contributed by atoms with Crippen LogP contribution in [-0.2, 0) is 0 Å². The second kappa shape index (κ2) is 6.02. The van der Waals surface area contributed by atoms with Crippen LogP contribution in [0.5, 0.6) is 5.75 Å². The number of β-amino-alcohol motifs (C(OH)–C–C–N with tert-alkyl or cyclic N) is 1. The molecule has 20 heavy (non-hydrogen) atoms. The number of hydrogen-bond acceptors (Lipinski definition) is 4. The summed E-state index contributed by atoms with van der Waals surface area (Å²) in [5.41, 5.74) is 0. The summed E-state index contributed by atoms with van der Waals surface area (Å²) < 4.78 is 31.0. The molecule has 108 valence electrons. The minimum Gasteiger partial charge on any atom is -0.491 e. The van der Waals surface area contributed by atoms with Gasteiger partial charge in [0, 0.05) is 12.4 Å². The molecule has 0 amide bonds. The molecule has 0 aliphatic carbocycles. The quantitative estimate of drug-likeness (QED) is 0.861. The third-order valence-electron chi connectivity index (χ3n) is 2.68. The standard InChI is InChI=1S/C14H15F2NO3/c15-11-1-3-13(4-2-11)20-10-12(18)9-17-7-5-14(16,19)6-8-17/h1-8,12,18-19H,9-10H2/t12-/m0/s1. The Morgan fingerprint density at radius 1 is 1.20 bits per heavy atom. The first-order chi connectivity index (χ1) is 9.44. The highest BCUT2D eigenvalue weighted by atomic mass is 19.2. The molecule has 1 aliphatic heterocycles. The molecule has 1 aromatic rings. The molecule has 0 saturated heterocycles. The molecule has 0 radical (unpaired) electrons. The van der Waals surface area contributed by atoms with Crippen molar-refractivity contribution in [3.05, 3.63) is 54.6 Å². The fraction of sp³-hybridized carbons (Fsp3) is 0.286. The number of halogens is 2. The van der Waals surface area contributed by atoms with Gasteiger partial charge >= 0.3 is 0 Å². The van der Waals surface area contributed by atoms with Crippen molar-refractivity contribution in [1.29, 1.82) is 0 Å². The van der Waals surface area contributed by atoms with Gasteiger partial charge in [-0.1, -0.05) is 0 Å². The monoisotopic (exact) mass is 283 g/mol. The Morgan fingerprint density at radius 2 is 1.80 bits per heavy atom. The molecule has 6 heteroatoms. The maximum Gasteiger partial charge on any atom is 0.248 e. The van der Waals surface area contributed by atoms with Crippen molar-refractivity contribution in [3.63, 3.8) is 0 Å². The summed E-state index contributed by atoms with van der Waals surface area (Å²) in [6.07, 6.45) is 3.80. The first kappa shape index (κ1) is 14.5. The van der Waals surface area contributed by atoms with Crippen LogP contribution in [0.3, 0.4) is 0 Å². The largest absolute Gasteiger partial charge is 0.491 e. The minimum absolute atomic E-state index is 0.0176. The molecule has 4 nitrogen and oxygen atoms in total. The van der Waals surface area contributed by atoms with Crippen molar-refractivity contribution in [2.75, 3.05) is 13.2 Å². The van der Waals surface area contributed by atoms with Crippen LogP contribution in [0.2, 0.25) is 0 Å². The number of nitrogens with zero attached hydrogens (tertiary/aromatic N) is 1. The summed E-state index contributed by atoms with van der Waals surface area (Å²) in [7, 11) is 0.